The molecule has 0 saturated carbocycles. The fourth-order valence-electron chi connectivity index (χ4n) is 1.97. The van der Waals surface area contributed by atoms with Gasteiger partial charge in [-0.05, 0) is 30.9 Å². The van der Waals surface area contributed by atoms with Gasteiger partial charge in [-0.15, -0.1) is 11.3 Å². The van der Waals surface area contributed by atoms with Crippen molar-refractivity contribution in [1.82, 2.24) is 5.32 Å². The fourth-order valence-corrected chi connectivity index (χ4v) is 3.43. The third kappa shape index (κ3) is 2.76. The Morgan fingerprint density at radius 1 is 1.67 bits per heavy atom. The minimum absolute atomic E-state index is 0.396. The molecule has 1 aliphatic rings. The first kappa shape index (κ1) is 11.5. The molecule has 0 radical (unpaired) electrons. The highest BCUT2D eigenvalue weighted by Crippen LogP contribution is 2.37. The van der Waals surface area contributed by atoms with Crippen LogP contribution >= 0.6 is 34.5 Å². The first-order chi connectivity index (χ1) is 7.16. The molecule has 0 spiro atoms. The maximum Gasteiger partial charge on any atom is 0.0934 e. The predicted octanol–water partition coefficient (Wildman–Crippen LogP) is 4.12. The van der Waals surface area contributed by atoms with Crippen LogP contribution in [0, 0.1) is 0 Å². The molecule has 1 aliphatic carbocycles. The fraction of sp³-hybridized carbons (Fsp3) is 0.455. The molecule has 1 heterocycles. The van der Waals surface area contributed by atoms with Gasteiger partial charge in [0.1, 0.15) is 0 Å². The van der Waals surface area contributed by atoms with E-state index in [2.05, 4.69) is 18.0 Å². The highest BCUT2D eigenvalue weighted by Gasteiger charge is 2.22. The van der Waals surface area contributed by atoms with Crippen LogP contribution in [0.25, 0.3) is 0 Å². The number of halogens is 2. The molecule has 1 nitrogen and oxygen atoms in total. The van der Waals surface area contributed by atoms with E-state index in [9.17, 15) is 0 Å². The van der Waals surface area contributed by atoms with Gasteiger partial charge in [0.05, 0.1) is 4.34 Å². The highest BCUT2D eigenvalue weighted by atomic mass is 35.5. The van der Waals surface area contributed by atoms with Crippen molar-refractivity contribution in [2.45, 2.75) is 25.3 Å². The lowest BCUT2D eigenvalue weighted by Gasteiger charge is -2.23. The van der Waals surface area contributed by atoms with E-state index in [4.69, 9.17) is 23.2 Å². The van der Waals surface area contributed by atoms with E-state index in [-0.39, 0.29) is 0 Å². The molecule has 1 unspecified atom stereocenters. The average Bonchev–Trinajstić information content (AvgIpc) is 2.55. The zero-order valence-corrected chi connectivity index (χ0v) is 10.7. The number of thiophene rings is 1. The molecule has 0 aromatic carbocycles. The number of nitrogens with one attached hydrogen (secondary N) is 1. The first-order valence-corrected chi connectivity index (χ1v) is 6.59. The van der Waals surface area contributed by atoms with Gasteiger partial charge in [-0.3, -0.25) is 0 Å². The smallest absolute Gasteiger partial charge is 0.0934 e. The van der Waals surface area contributed by atoms with Crippen molar-refractivity contribution in [3.05, 3.63) is 32.5 Å². The Balaban J connectivity index is 2.11. The molecule has 2 rings (SSSR count). The van der Waals surface area contributed by atoms with Gasteiger partial charge in [-0.1, -0.05) is 29.8 Å². The summed E-state index contributed by atoms with van der Waals surface area (Å²) in [4.78, 5) is 1.42. The van der Waals surface area contributed by atoms with Gasteiger partial charge in [0.25, 0.3) is 0 Å². The van der Waals surface area contributed by atoms with Crippen LogP contribution in [0.2, 0.25) is 4.34 Å². The van der Waals surface area contributed by atoms with E-state index < -0.39 is 0 Å². The SMILES string of the molecule is C=C(Cl)CNC1CCCc2sc(Cl)cc21. The molecule has 0 fully saturated rings. The van der Waals surface area contributed by atoms with Crippen LogP contribution in [0.4, 0.5) is 0 Å². The van der Waals surface area contributed by atoms with Crippen LogP contribution in [0.1, 0.15) is 29.3 Å². The van der Waals surface area contributed by atoms with Gasteiger partial charge < -0.3 is 5.32 Å². The lowest BCUT2D eigenvalue weighted by Crippen LogP contribution is -2.25. The molecular weight excluding hydrogens is 249 g/mol. The third-order valence-corrected chi connectivity index (χ3v) is 4.10. The standard InChI is InChI=1S/C11H13Cl2NS/c1-7(12)6-14-9-3-2-4-10-8(9)5-11(13)15-10/h5,9,14H,1-4,6H2. The monoisotopic (exact) mass is 261 g/mol. The largest absolute Gasteiger partial charge is 0.305 e. The molecule has 82 valence electrons. The van der Waals surface area contributed by atoms with E-state index in [1.165, 1.54) is 16.9 Å². The van der Waals surface area contributed by atoms with Crippen LogP contribution in [0.3, 0.4) is 0 Å². The molecule has 1 atom stereocenters. The molecule has 0 amide bonds. The Morgan fingerprint density at radius 2 is 2.47 bits per heavy atom. The summed E-state index contributed by atoms with van der Waals surface area (Å²) in [6, 6.07) is 2.48. The summed E-state index contributed by atoms with van der Waals surface area (Å²) in [6.07, 6.45) is 3.53. The summed E-state index contributed by atoms with van der Waals surface area (Å²) >= 11 is 13.5. The van der Waals surface area contributed by atoms with Crippen molar-refractivity contribution in [2.24, 2.45) is 0 Å². The summed E-state index contributed by atoms with van der Waals surface area (Å²) < 4.78 is 0.887. The Morgan fingerprint density at radius 3 is 3.20 bits per heavy atom. The Bertz CT molecular complexity index is 373. The van der Waals surface area contributed by atoms with Crippen LogP contribution in [0.5, 0.6) is 0 Å². The topological polar surface area (TPSA) is 12.0 Å². The van der Waals surface area contributed by atoms with Gasteiger partial charge >= 0.3 is 0 Å². The van der Waals surface area contributed by atoms with Crippen molar-refractivity contribution in [2.75, 3.05) is 6.54 Å². The van der Waals surface area contributed by atoms with Crippen molar-refractivity contribution in [1.29, 1.82) is 0 Å². The van der Waals surface area contributed by atoms with Gasteiger partial charge in [-0.25, -0.2) is 0 Å². The Kier molecular flexibility index (Phi) is 3.73. The van der Waals surface area contributed by atoms with E-state index in [0.717, 1.165) is 17.2 Å². The van der Waals surface area contributed by atoms with Crippen molar-refractivity contribution in [3.63, 3.8) is 0 Å². The minimum atomic E-state index is 0.396. The van der Waals surface area contributed by atoms with Crippen LogP contribution in [-0.4, -0.2) is 6.54 Å². The molecule has 0 bridgehead atoms. The van der Waals surface area contributed by atoms with Crippen LogP contribution < -0.4 is 5.32 Å². The average molecular weight is 262 g/mol. The van der Waals surface area contributed by atoms with Crippen molar-refractivity contribution in [3.8, 4) is 0 Å². The number of fused-ring (bicyclic) bond motifs is 1. The molecule has 0 saturated heterocycles. The molecule has 1 aromatic rings. The Hall–Kier alpha value is -0.0200. The second kappa shape index (κ2) is 4.88. The van der Waals surface area contributed by atoms with E-state index in [0.29, 0.717) is 17.6 Å². The van der Waals surface area contributed by atoms with E-state index >= 15 is 0 Å². The molecular formula is C11H13Cl2NS. The van der Waals surface area contributed by atoms with Gasteiger partial charge in [-0.2, -0.15) is 0 Å². The van der Waals surface area contributed by atoms with Crippen LogP contribution in [0.15, 0.2) is 17.7 Å². The van der Waals surface area contributed by atoms with Crippen LogP contribution in [-0.2, 0) is 6.42 Å². The highest BCUT2D eigenvalue weighted by molar-refractivity contribution is 7.16. The molecule has 1 aromatic heterocycles. The summed E-state index contributed by atoms with van der Waals surface area (Å²) in [7, 11) is 0. The van der Waals surface area contributed by atoms with Gasteiger partial charge in [0.2, 0.25) is 0 Å². The lowest BCUT2D eigenvalue weighted by atomic mass is 9.94. The maximum absolute atomic E-state index is 6.03. The van der Waals surface area contributed by atoms with E-state index in [1.54, 1.807) is 11.3 Å². The summed E-state index contributed by atoms with van der Waals surface area (Å²) in [6.45, 7) is 4.35. The zero-order valence-electron chi connectivity index (χ0n) is 8.35. The molecule has 4 heteroatoms. The maximum atomic E-state index is 6.03. The normalized spacial score (nSPS) is 20.0. The van der Waals surface area contributed by atoms with E-state index in [1.807, 2.05) is 0 Å². The molecule has 15 heavy (non-hydrogen) atoms. The summed E-state index contributed by atoms with van der Waals surface area (Å²) in [5.41, 5.74) is 1.36. The summed E-state index contributed by atoms with van der Waals surface area (Å²) in [5, 5.41) is 4.06. The van der Waals surface area contributed by atoms with Crippen molar-refractivity contribution >= 4 is 34.5 Å². The predicted molar refractivity (Wildman–Crippen MR) is 68.0 cm³/mol. The number of rotatable bonds is 3. The first-order valence-electron chi connectivity index (χ1n) is 5.01. The Labute approximate surface area is 104 Å². The van der Waals surface area contributed by atoms with Gasteiger partial charge in [0.15, 0.2) is 0 Å². The quantitative estimate of drug-likeness (QED) is 0.863. The second-order valence-corrected chi connectivity index (χ2v) is 6.07. The zero-order chi connectivity index (χ0) is 10.8. The number of hydrogen-bond donors (Lipinski definition) is 1. The third-order valence-electron chi connectivity index (χ3n) is 2.62. The lowest BCUT2D eigenvalue weighted by molar-refractivity contribution is 0.484. The minimum Gasteiger partial charge on any atom is -0.305 e. The number of hydrogen-bond acceptors (Lipinski definition) is 2. The summed E-state index contributed by atoms with van der Waals surface area (Å²) in [5.74, 6) is 0. The second-order valence-electron chi connectivity index (χ2n) is 3.77. The molecule has 1 N–H and O–H groups in total. The van der Waals surface area contributed by atoms with Gasteiger partial charge in [0, 0.05) is 22.5 Å². The van der Waals surface area contributed by atoms with Crippen molar-refractivity contribution < 1.29 is 0 Å². The number of aryl methyl sites for hydroxylation is 1. The molecule has 0 aliphatic heterocycles.